The molecule has 0 aliphatic heterocycles. The standard InChI is InChI=1S/C8H12N2O2/c1-4-7(11)9-6-10(3)8(12)5-2/h4-5H,1-2,6H2,3H3,(H,9,11). The molecule has 4 heteroatoms. The van der Waals surface area contributed by atoms with E-state index in [4.69, 9.17) is 0 Å². The number of amides is 2. The summed E-state index contributed by atoms with van der Waals surface area (Å²) in [6.07, 6.45) is 2.33. The van der Waals surface area contributed by atoms with E-state index in [1.807, 2.05) is 0 Å². The summed E-state index contributed by atoms with van der Waals surface area (Å²) in [6, 6.07) is 0. The zero-order valence-corrected chi connectivity index (χ0v) is 7.04. The molecule has 0 rings (SSSR count). The second kappa shape index (κ2) is 5.12. The van der Waals surface area contributed by atoms with Gasteiger partial charge in [-0.25, -0.2) is 0 Å². The van der Waals surface area contributed by atoms with Crippen molar-refractivity contribution in [1.82, 2.24) is 10.2 Å². The molecule has 0 saturated carbocycles. The molecule has 1 N–H and O–H groups in total. The predicted molar refractivity (Wildman–Crippen MR) is 46.2 cm³/mol. The van der Waals surface area contributed by atoms with Gasteiger partial charge in [0.25, 0.3) is 0 Å². The lowest BCUT2D eigenvalue weighted by Crippen LogP contribution is -2.37. The van der Waals surface area contributed by atoms with Crippen LogP contribution in [0.1, 0.15) is 0 Å². The minimum Gasteiger partial charge on any atom is -0.335 e. The highest BCUT2D eigenvalue weighted by Crippen LogP contribution is 1.82. The van der Waals surface area contributed by atoms with Crippen molar-refractivity contribution in [1.29, 1.82) is 0 Å². The molecule has 0 heterocycles. The van der Waals surface area contributed by atoms with Gasteiger partial charge in [-0.1, -0.05) is 13.2 Å². The van der Waals surface area contributed by atoms with E-state index in [9.17, 15) is 9.59 Å². The molecule has 0 unspecified atom stereocenters. The number of nitrogens with one attached hydrogen (secondary N) is 1. The highest BCUT2D eigenvalue weighted by molar-refractivity contribution is 5.89. The van der Waals surface area contributed by atoms with Gasteiger partial charge in [-0.3, -0.25) is 9.59 Å². The quantitative estimate of drug-likeness (QED) is 0.470. The largest absolute Gasteiger partial charge is 0.335 e. The molecule has 0 spiro atoms. The number of likely N-dealkylation sites (N-methyl/N-ethyl adjacent to an activating group) is 1. The minimum atomic E-state index is -0.307. The molecule has 0 aromatic heterocycles. The molecule has 0 bridgehead atoms. The predicted octanol–water partition coefficient (Wildman–Crippen LogP) is -0.110. The maximum atomic E-state index is 10.8. The Morgan fingerprint density at radius 3 is 2.42 bits per heavy atom. The Morgan fingerprint density at radius 2 is 2.00 bits per heavy atom. The monoisotopic (exact) mass is 168 g/mol. The van der Waals surface area contributed by atoms with E-state index >= 15 is 0 Å². The first-order valence-electron chi connectivity index (χ1n) is 3.39. The van der Waals surface area contributed by atoms with Gasteiger partial charge in [0.05, 0.1) is 6.67 Å². The summed E-state index contributed by atoms with van der Waals surface area (Å²) < 4.78 is 0. The molecule has 0 aromatic rings. The lowest BCUT2D eigenvalue weighted by molar-refractivity contribution is -0.126. The summed E-state index contributed by atoms with van der Waals surface area (Å²) in [6.45, 7) is 6.74. The highest BCUT2D eigenvalue weighted by atomic mass is 16.2. The van der Waals surface area contributed by atoms with Crippen LogP contribution in [0, 0.1) is 0 Å². The molecule has 0 radical (unpaired) electrons. The molecular weight excluding hydrogens is 156 g/mol. The molecule has 2 amide bonds. The first-order chi connectivity index (χ1) is 5.61. The van der Waals surface area contributed by atoms with Crippen molar-refractivity contribution in [2.45, 2.75) is 0 Å². The maximum absolute atomic E-state index is 10.8. The number of rotatable bonds is 4. The van der Waals surface area contributed by atoms with Crippen molar-refractivity contribution in [3.8, 4) is 0 Å². The summed E-state index contributed by atoms with van der Waals surface area (Å²) in [4.78, 5) is 22.8. The maximum Gasteiger partial charge on any atom is 0.247 e. The number of carbonyl (C=O) groups is 2. The average Bonchev–Trinajstić information content (AvgIpc) is 2.11. The van der Waals surface area contributed by atoms with Crippen LogP contribution < -0.4 is 5.32 Å². The van der Waals surface area contributed by atoms with Crippen LogP contribution >= 0.6 is 0 Å². The lowest BCUT2D eigenvalue weighted by Gasteiger charge is -2.14. The molecule has 0 saturated heterocycles. The summed E-state index contributed by atoms with van der Waals surface area (Å²) in [7, 11) is 1.56. The van der Waals surface area contributed by atoms with Gasteiger partial charge >= 0.3 is 0 Å². The Labute approximate surface area is 71.5 Å². The van der Waals surface area contributed by atoms with Crippen LogP contribution in [0.15, 0.2) is 25.3 Å². The van der Waals surface area contributed by atoms with Gasteiger partial charge in [0.1, 0.15) is 0 Å². The van der Waals surface area contributed by atoms with E-state index in [0.717, 1.165) is 6.08 Å². The number of nitrogens with zero attached hydrogens (tertiary/aromatic N) is 1. The molecule has 0 fully saturated rings. The van der Waals surface area contributed by atoms with Gasteiger partial charge in [-0.2, -0.15) is 0 Å². The number of hydrogen-bond donors (Lipinski definition) is 1. The van der Waals surface area contributed by atoms with Gasteiger partial charge in [-0.15, -0.1) is 0 Å². The van der Waals surface area contributed by atoms with Gasteiger partial charge in [0.2, 0.25) is 11.8 Å². The molecule has 0 aliphatic carbocycles. The molecule has 0 aromatic carbocycles. The van der Waals surface area contributed by atoms with Crippen LogP contribution in [0.5, 0.6) is 0 Å². The number of hydrogen-bond acceptors (Lipinski definition) is 2. The first-order valence-corrected chi connectivity index (χ1v) is 3.39. The first kappa shape index (κ1) is 10.4. The van der Waals surface area contributed by atoms with Crippen molar-refractivity contribution < 1.29 is 9.59 Å². The Morgan fingerprint density at radius 1 is 1.42 bits per heavy atom. The fraction of sp³-hybridized carbons (Fsp3) is 0.250. The molecule has 66 valence electrons. The third-order valence-electron chi connectivity index (χ3n) is 1.23. The van der Waals surface area contributed by atoms with Gasteiger partial charge in [-0.05, 0) is 12.2 Å². The lowest BCUT2D eigenvalue weighted by atomic mass is 10.5. The topological polar surface area (TPSA) is 49.4 Å². The second-order valence-electron chi connectivity index (χ2n) is 2.14. The van der Waals surface area contributed by atoms with E-state index in [1.165, 1.54) is 11.0 Å². The SMILES string of the molecule is C=CC(=O)NCN(C)C(=O)C=C. The van der Waals surface area contributed by atoms with Crippen LogP contribution in [0.2, 0.25) is 0 Å². The van der Waals surface area contributed by atoms with Crippen LogP contribution in [0.4, 0.5) is 0 Å². The molecule has 0 atom stereocenters. The van der Waals surface area contributed by atoms with E-state index in [-0.39, 0.29) is 18.5 Å². The zero-order valence-electron chi connectivity index (χ0n) is 7.04. The van der Waals surface area contributed by atoms with E-state index in [2.05, 4.69) is 18.5 Å². The van der Waals surface area contributed by atoms with E-state index in [1.54, 1.807) is 7.05 Å². The minimum absolute atomic E-state index is 0.162. The van der Waals surface area contributed by atoms with Crippen molar-refractivity contribution in [2.75, 3.05) is 13.7 Å². The summed E-state index contributed by atoms with van der Waals surface area (Å²) in [5.41, 5.74) is 0. The molecular formula is C8H12N2O2. The zero-order chi connectivity index (χ0) is 9.56. The fourth-order valence-corrected chi connectivity index (χ4v) is 0.502. The van der Waals surface area contributed by atoms with Crippen molar-refractivity contribution >= 4 is 11.8 Å². The molecule has 4 nitrogen and oxygen atoms in total. The van der Waals surface area contributed by atoms with Gasteiger partial charge in [0, 0.05) is 7.05 Å². The fourth-order valence-electron chi connectivity index (χ4n) is 0.502. The Balaban J connectivity index is 3.78. The molecule has 12 heavy (non-hydrogen) atoms. The van der Waals surface area contributed by atoms with E-state index < -0.39 is 0 Å². The molecule has 0 aliphatic rings. The summed E-state index contributed by atoms with van der Waals surface area (Å²) in [5, 5.41) is 2.45. The van der Waals surface area contributed by atoms with E-state index in [0.29, 0.717) is 0 Å². The second-order valence-corrected chi connectivity index (χ2v) is 2.14. The number of carbonyl (C=O) groups excluding carboxylic acids is 2. The third-order valence-corrected chi connectivity index (χ3v) is 1.23. The third kappa shape index (κ3) is 3.55. The Kier molecular flexibility index (Phi) is 4.45. The van der Waals surface area contributed by atoms with Crippen LogP contribution in [-0.4, -0.2) is 30.4 Å². The smallest absolute Gasteiger partial charge is 0.247 e. The Bertz CT molecular complexity index is 211. The summed E-state index contributed by atoms with van der Waals surface area (Å²) in [5.74, 6) is -0.543. The van der Waals surface area contributed by atoms with Crippen LogP contribution in [0.3, 0.4) is 0 Å². The van der Waals surface area contributed by atoms with Crippen LogP contribution in [0.25, 0.3) is 0 Å². The highest BCUT2D eigenvalue weighted by Gasteiger charge is 2.03. The normalized spacial score (nSPS) is 8.42. The van der Waals surface area contributed by atoms with Gasteiger partial charge < -0.3 is 10.2 Å². The van der Waals surface area contributed by atoms with Crippen LogP contribution in [-0.2, 0) is 9.59 Å². The Hall–Kier alpha value is -1.58. The van der Waals surface area contributed by atoms with Crippen molar-refractivity contribution in [3.05, 3.63) is 25.3 Å². The van der Waals surface area contributed by atoms with Gasteiger partial charge in [0.15, 0.2) is 0 Å². The summed E-state index contributed by atoms with van der Waals surface area (Å²) >= 11 is 0. The van der Waals surface area contributed by atoms with Crippen molar-refractivity contribution in [2.24, 2.45) is 0 Å². The average molecular weight is 168 g/mol. The van der Waals surface area contributed by atoms with Crippen molar-refractivity contribution in [3.63, 3.8) is 0 Å².